The first-order chi connectivity index (χ1) is 3.93. The van der Waals surface area contributed by atoms with Crippen LogP contribution < -0.4 is 28.1 Å². The summed E-state index contributed by atoms with van der Waals surface area (Å²) in [7, 11) is 0. The van der Waals surface area contributed by atoms with E-state index in [-0.39, 0.29) is 24.8 Å². The third-order valence-corrected chi connectivity index (χ3v) is 1.07. The molecule has 2 nitrogen and oxygen atoms in total. The molecule has 0 N–H and O–H groups in total. The molecule has 0 aliphatic rings. The normalized spacial score (nSPS) is 7.00. The van der Waals surface area contributed by atoms with E-state index in [2.05, 4.69) is 4.98 Å². The Morgan fingerprint density at radius 2 is 2.00 bits per heavy atom. The first kappa shape index (κ1) is 12.9. The van der Waals surface area contributed by atoms with E-state index in [9.17, 15) is 0 Å². The van der Waals surface area contributed by atoms with Crippen LogP contribution in [-0.2, 0) is 20.8 Å². The Balaban J connectivity index is 0. The van der Waals surface area contributed by atoms with Crippen LogP contribution in [-0.4, -0.2) is 4.98 Å². The van der Waals surface area contributed by atoms with Gasteiger partial charge in [0.25, 0.3) is 0 Å². The van der Waals surface area contributed by atoms with Crippen molar-refractivity contribution < 1.29 is 49.0 Å². The molecule has 0 spiro atoms. The SMILES string of the molecule is [Cl-].[Cl-].[Ti+2][O]c1ccccn1. The van der Waals surface area contributed by atoms with Gasteiger partial charge in [0.1, 0.15) is 0 Å². The van der Waals surface area contributed by atoms with Crippen LogP contribution in [0.25, 0.3) is 0 Å². The van der Waals surface area contributed by atoms with Gasteiger partial charge in [0.2, 0.25) is 0 Å². The van der Waals surface area contributed by atoms with E-state index in [1.54, 1.807) is 33.1 Å². The maximum absolute atomic E-state index is 4.80. The number of nitrogens with zero attached hydrogens (tertiary/aromatic N) is 1. The molecule has 0 saturated heterocycles. The summed E-state index contributed by atoms with van der Waals surface area (Å²) in [4.78, 5) is 3.88. The van der Waals surface area contributed by atoms with Crippen molar-refractivity contribution >= 4 is 0 Å². The molecule has 0 radical (unpaired) electrons. The molecule has 0 bridgehead atoms. The van der Waals surface area contributed by atoms with Crippen molar-refractivity contribution in [3.05, 3.63) is 24.4 Å². The Hall–Kier alpha value is 0.244. The summed E-state index contributed by atoms with van der Waals surface area (Å²) < 4.78 is 4.80. The number of rotatable bonds is 1. The number of aromatic nitrogens is 1. The van der Waals surface area contributed by atoms with E-state index in [1.165, 1.54) is 0 Å². The second-order valence-corrected chi connectivity index (χ2v) is 1.59. The van der Waals surface area contributed by atoms with Gasteiger partial charge in [-0.05, 0) is 0 Å². The van der Waals surface area contributed by atoms with Crippen LogP contribution in [0, 0.1) is 0 Å². The van der Waals surface area contributed by atoms with Crippen molar-refractivity contribution in [1.29, 1.82) is 0 Å². The molecule has 0 fully saturated rings. The van der Waals surface area contributed by atoms with Gasteiger partial charge >= 0.3 is 59.4 Å². The third kappa shape index (κ3) is 4.12. The van der Waals surface area contributed by atoms with Crippen molar-refractivity contribution in [3.63, 3.8) is 0 Å². The standard InChI is InChI=1S/C5H5NO.2ClH.Ti/c7-5-3-1-2-4-6-5;;;/h1-4H,(H,6,7);2*1H;/q;;;+3/p-3. The Labute approximate surface area is 84.1 Å². The fourth-order valence-corrected chi connectivity index (χ4v) is 0.596. The summed E-state index contributed by atoms with van der Waals surface area (Å²) in [6.45, 7) is 0. The summed E-state index contributed by atoms with van der Waals surface area (Å²) >= 11 is 1.60. The summed E-state index contributed by atoms with van der Waals surface area (Å²) in [5.41, 5.74) is 0. The molecule has 0 aliphatic carbocycles. The monoisotopic (exact) mass is 212 g/mol. The maximum atomic E-state index is 4.80. The Bertz CT molecular complexity index is 161. The van der Waals surface area contributed by atoms with Gasteiger partial charge in [-0.2, -0.15) is 0 Å². The number of hydrogen-bond acceptors (Lipinski definition) is 2. The fourth-order valence-electron chi connectivity index (χ4n) is 0.407. The van der Waals surface area contributed by atoms with Crippen molar-refractivity contribution in [2.45, 2.75) is 0 Å². The van der Waals surface area contributed by atoms with E-state index in [1.807, 2.05) is 12.1 Å². The molecular weight excluding hydrogens is 209 g/mol. The van der Waals surface area contributed by atoms with Gasteiger partial charge in [0, 0.05) is 0 Å². The van der Waals surface area contributed by atoms with Crippen LogP contribution in [0.15, 0.2) is 24.4 Å². The number of hydrogen-bond donors (Lipinski definition) is 0. The minimum atomic E-state index is 0. The fraction of sp³-hybridized carbons (Fsp3) is 0. The van der Waals surface area contributed by atoms with Gasteiger partial charge in [0.05, 0.1) is 0 Å². The first-order valence-electron chi connectivity index (χ1n) is 2.18. The zero-order valence-electron chi connectivity index (χ0n) is 4.92. The van der Waals surface area contributed by atoms with Gasteiger partial charge in [-0.25, -0.2) is 0 Å². The first-order valence-corrected chi connectivity index (χ1v) is 2.82. The van der Waals surface area contributed by atoms with Crippen LogP contribution in [0.1, 0.15) is 0 Å². The van der Waals surface area contributed by atoms with Crippen LogP contribution in [0.3, 0.4) is 0 Å². The van der Waals surface area contributed by atoms with E-state index >= 15 is 0 Å². The van der Waals surface area contributed by atoms with Crippen molar-refractivity contribution in [1.82, 2.24) is 4.98 Å². The topological polar surface area (TPSA) is 22.1 Å². The molecular formula is C5H4Cl2NOTi. The molecule has 53 valence electrons. The molecule has 0 aliphatic heterocycles. The average molecular weight is 213 g/mol. The molecule has 0 aromatic carbocycles. The van der Waals surface area contributed by atoms with Gasteiger partial charge in [-0.15, -0.1) is 0 Å². The summed E-state index contributed by atoms with van der Waals surface area (Å²) in [5.74, 6) is 0.660. The third-order valence-electron chi connectivity index (χ3n) is 0.742. The predicted octanol–water partition coefficient (Wildman–Crippen LogP) is -5.07. The quantitative estimate of drug-likeness (QED) is 0.435. The van der Waals surface area contributed by atoms with Crippen LogP contribution in [0.2, 0.25) is 0 Å². The Morgan fingerprint density at radius 3 is 2.30 bits per heavy atom. The van der Waals surface area contributed by atoms with E-state index < -0.39 is 0 Å². The molecule has 0 saturated carbocycles. The van der Waals surface area contributed by atoms with Crippen molar-refractivity contribution in [3.8, 4) is 5.88 Å². The van der Waals surface area contributed by atoms with Crippen LogP contribution >= 0.6 is 0 Å². The molecule has 1 aromatic rings. The second-order valence-electron chi connectivity index (χ2n) is 1.27. The van der Waals surface area contributed by atoms with E-state index in [0.29, 0.717) is 5.88 Å². The molecule has 1 rings (SSSR count). The summed E-state index contributed by atoms with van der Waals surface area (Å²) in [5, 5.41) is 0. The predicted molar refractivity (Wildman–Crippen MR) is 24.9 cm³/mol. The molecule has 5 heteroatoms. The number of pyridine rings is 1. The summed E-state index contributed by atoms with van der Waals surface area (Å²) in [6.07, 6.45) is 1.69. The van der Waals surface area contributed by atoms with Crippen LogP contribution in [0.5, 0.6) is 5.88 Å². The van der Waals surface area contributed by atoms with Gasteiger partial charge in [0.15, 0.2) is 0 Å². The van der Waals surface area contributed by atoms with Crippen molar-refractivity contribution in [2.75, 3.05) is 0 Å². The van der Waals surface area contributed by atoms with Gasteiger partial charge in [-0.3, -0.25) is 0 Å². The Morgan fingerprint density at radius 1 is 1.30 bits per heavy atom. The van der Waals surface area contributed by atoms with Crippen LogP contribution in [0.4, 0.5) is 0 Å². The molecule has 10 heavy (non-hydrogen) atoms. The molecule has 1 heterocycles. The Kier molecular flexibility index (Phi) is 9.47. The molecule has 0 amide bonds. The second kappa shape index (κ2) is 7.35. The summed E-state index contributed by atoms with van der Waals surface area (Å²) in [6, 6.07) is 5.54. The molecule has 1 aromatic heterocycles. The zero-order chi connectivity index (χ0) is 5.82. The number of halogens is 2. The molecule has 0 unspecified atom stereocenters. The zero-order valence-corrected chi connectivity index (χ0v) is 7.99. The van der Waals surface area contributed by atoms with E-state index in [4.69, 9.17) is 3.32 Å². The van der Waals surface area contributed by atoms with Crippen molar-refractivity contribution in [2.24, 2.45) is 0 Å². The molecule has 0 atom stereocenters. The van der Waals surface area contributed by atoms with Gasteiger partial charge < -0.3 is 24.8 Å². The van der Waals surface area contributed by atoms with Gasteiger partial charge in [-0.1, -0.05) is 0 Å². The minimum absolute atomic E-state index is 0. The average Bonchev–Trinajstić information content (AvgIpc) is 1.90. The van der Waals surface area contributed by atoms with E-state index in [0.717, 1.165) is 0 Å².